The second-order valence-electron chi connectivity index (χ2n) is 3.74. The highest BCUT2D eigenvalue weighted by Gasteiger charge is 2.27. The molecular weight excluding hydrogens is 222 g/mol. The van der Waals surface area contributed by atoms with Crippen LogP contribution in [0, 0.1) is 0 Å². The normalized spacial score (nSPS) is 25.1. The van der Waals surface area contributed by atoms with Gasteiger partial charge in [0.15, 0.2) is 0 Å². The van der Waals surface area contributed by atoms with Crippen LogP contribution in [0.15, 0.2) is 30.3 Å². The molecule has 86 valence electrons. The number of rotatable bonds is 2. The lowest BCUT2D eigenvalue weighted by atomic mass is 10.1. The van der Waals surface area contributed by atoms with Crippen LogP contribution in [0.5, 0.6) is 0 Å². The lowest BCUT2D eigenvalue weighted by Crippen LogP contribution is -2.45. The zero-order valence-electron chi connectivity index (χ0n) is 9.18. The minimum atomic E-state index is -0.186. The highest BCUT2D eigenvalue weighted by molar-refractivity contribution is 7.99. The number of carbonyl (C=O) groups is 1. The molecule has 1 N–H and O–H groups in total. The van der Waals surface area contributed by atoms with Crippen LogP contribution in [-0.2, 0) is 9.53 Å². The Bertz CT molecular complexity index is 355. The third-order valence-corrected chi connectivity index (χ3v) is 3.80. The molecule has 0 amide bonds. The summed E-state index contributed by atoms with van der Waals surface area (Å²) in [5.41, 5.74) is 1.23. The maximum absolute atomic E-state index is 11.4. The molecule has 4 heteroatoms. The third kappa shape index (κ3) is 2.57. The number of ether oxygens (including phenoxy) is 1. The van der Waals surface area contributed by atoms with E-state index >= 15 is 0 Å². The molecular formula is C12H15NO2S. The van der Waals surface area contributed by atoms with Crippen LogP contribution in [0.3, 0.4) is 0 Å². The molecule has 1 heterocycles. The van der Waals surface area contributed by atoms with Crippen molar-refractivity contribution in [2.75, 3.05) is 18.6 Å². The van der Waals surface area contributed by atoms with Crippen molar-refractivity contribution in [3.8, 4) is 0 Å². The van der Waals surface area contributed by atoms with Crippen LogP contribution in [0.4, 0.5) is 0 Å². The number of methoxy groups -OCH3 is 1. The summed E-state index contributed by atoms with van der Waals surface area (Å²) in [6, 6.07) is 10.2. The molecule has 1 aliphatic heterocycles. The van der Waals surface area contributed by atoms with E-state index < -0.39 is 0 Å². The van der Waals surface area contributed by atoms with Crippen LogP contribution in [-0.4, -0.2) is 30.6 Å². The van der Waals surface area contributed by atoms with Gasteiger partial charge in [-0.1, -0.05) is 30.3 Å². The Morgan fingerprint density at radius 1 is 1.38 bits per heavy atom. The molecule has 0 aromatic heterocycles. The van der Waals surface area contributed by atoms with Gasteiger partial charge in [-0.2, -0.15) is 11.8 Å². The molecule has 1 aliphatic rings. The van der Waals surface area contributed by atoms with Gasteiger partial charge in [-0.15, -0.1) is 0 Å². The predicted octanol–water partition coefficient (Wildman–Crippen LogP) is 1.61. The summed E-state index contributed by atoms with van der Waals surface area (Å²) in [7, 11) is 1.43. The fourth-order valence-corrected chi connectivity index (χ4v) is 2.93. The number of carbonyl (C=O) groups excluding carboxylic acids is 1. The van der Waals surface area contributed by atoms with Gasteiger partial charge in [0.25, 0.3) is 0 Å². The summed E-state index contributed by atoms with van der Waals surface area (Å²) in [5, 5.41) is 3.33. The van der Waals surface area contributed by atoms with Gasteiger partial charge in [0, 0.05) is 17.5 Å². The highest BCUT2D eigenvalue weighted by atomic mass is 32.2. The smallest absolute Gasteiger partial charge is 0.323 e. The molecule has 2 atom stereocenters. The van der Waals surface area contributed by atoms with Crippen LogP contribution in [0.2, 0.25) is 0 Å². The minimum absolute atomic E-state index is 0.173. The molecule has 1 aromatic carbocycles. The first-order valence-corrected chi connectivity index (χ1v) is 6.43. The number of hydrogen-bond acceptors (Lipinski definition) is 4. The maximum Gasteiger partial charge on any atom is 0.323 e. The SMILES string of the molecule is COC(=O)[C@@H]1CSC[C@H](c2ccccc2)N1. The fourth-order valence-electron chi connectivity index (χ4n) is 1.80. The Morgan fingerprint density at radius 3 is 2.81 bits per heavy atom. The molecule has 0 unspecified atom stereocenters. The van der Waals surface area contributed by atoms with Crippen LogP contribution >= 0.6 is 11.8 Å². The predicted molar refractivity (Wildman–Crippen MR) is 65.4 cm³/mol. The van der Waals surface area contributed by atoms with Gasteiger partial charge in [-0.25, -0.2) is 0 Å². The Hall–Kier alpha value is -1.00. The first-order chi connectivity index (χ1) is 7.81. The van der Waals surface area contributed by atoms with Crippen molar-refractivity contribution in [2.24, 2.45) is 0 Å². The number of thioether (sulfide) groups is 1. The van der Waals surface area contributed by atoms with Gasteiger partial charge in [-0.05, 0) is 5.56 Å². The standard InChI is InChI=1S/C12H15NO2S/c1-15-12(14)11-8-16-7-10(13-11)9-5-3-2-4-6-9/h2-6,10-11,13H,7-8H2,1H3/t10-,11+/m1/s1. The van der Waals surface area contributed by atoms with Crippen molar-refractivity contribution >= 4 is 17.7 Å². The Kier molecular flexibility index (Phi) is 3.85. The van der Waals surface area contributed by atoms with Gasteiger partial charge in [0.05, 0.1) is 7.11 Å². The monoisotopic (exact) mass is 237 g/mol. The van der Waals surface area contributed by atoms with Gasteiger partial charge in [0.1, 0.15) is 6.04 Å². The van der Waals surface area contributed by atoms with E-state index in [9.17, 15) is 4.79 Å². The molecule has 3 nitrogen and oxygen atoms in total. The van der Waals surface area contributed by atoms with Crippen LogP contribution < -0.4 is 5.32 Å². The first kappa shape index (κ1) is 11.5. The zero-order chi connectivity index (χ0) is 11.4. The van der Waals surface area contributed by atoms with E-state index in [-0.39, 0.29) is 18.1 Å². The zero-order valence-corrected chi connectivity index (χ0v) is 10.00. The molecule has 0 aliphatic carbocycles. The topological polar surface area (TPSA) is 38.3 Å². The van der Waals surface area contributed by atoms with Crippen LogP contribution in [0.1, 0.15) is 11.6 Å². The average Bonchev–Trinajstić information content (AvgIpc) is 2.39. The Morgan fingerprint density at radius 2 is 2.12 bits per heavy atom. The summed E-state index contributed by atoms with van der Waals surface area (Å²) >= 11 is 1.79. The van der Waals surface area contributed by atoms with Gasteiger partial charge >= 0.3 is 5.97 Å². The quantitative estimate of drug-likeness (QED) is 0.793. The van der Waals surface area contributed by atoms with E-state index in [4.69, 9.17) is 4.74 Å². The number of benzene rings is 1. The van der Waals surface area contributed by atoms with Crippen molar-refractivity contribution in [2.45, 2.75) is 12.1 Å². The van der Waals surface area contributed by atoms with Crippen molar-refractivity contribution < 1.29 is 9.53 Å². The summed E-state index contributed by atoms with van der Waals surface area (Å²) in [6.07, 6.45) is 0. The van der Waals surface area contributed by atoms with Gasteiger partial charge < -0.3 is 4.74 Å². The van der Waals surface area contributed by atoms with Crippen molar-refractivity contribution in [3.05, 3.63) is 35.9 Å². The lowest BCUT2D eigenvalue weighted by Gasteiger charge is -2.29. The summed E-state index contributed by atoms with van der Waals surface area (Å²) in [6.45, 7) is 0. The molecule has 0 saturated carbocycles. The molecule has 0 radical (unpaired) electrons. The highest BCUT2D eigenvalue weighted by Crippen LogP contribution is 2.24. The maximum atomic E-state index is 11.4. The van der Waals surface area contributed by atoms with E-state index in [0.29, 0.717) is 0 Å². The summed E-state index contributed by atoms with van der Waals surface area (Å²) in [5.74, 6) is 1.61. The molecule has 1 fully saturated rings. The summed E-state index contributed by atoms with van der Waals surface area (Å²) in [4.78, 5) is 11.4. The van der Waals surface area contributed by atoms with E-state index in [1.807, 2.05) is 18.2 Å². The lowest BCUT2D eigenvalue weighted by molar-refractivity contribution is -0.142. The van der Waals surface area contributed by atoms with E-state index in [2.05, 4.69) is 17.4 Å². The molecule has 1 aromatic rings. The first-order valence-electron chi connectivity index (χ1n) is 5.28. The number of esters is 1. The van der Waals surface area contributed by atoms with Crippen LogP contribution in [0.25, 0.3) is 0 Å². The molecule has 2 rings (SSSR count). The van der Waals surface area contributed by atoms with Crippen molar-refractivity contribution in [1.82, 2.24) is 5.32 Å². The van der Waals surface area contributed by atoms with Crippen molar-refractivity contribution in [1.29, 1.82) is 0 Å². The molecule has 16 heavy (non-hydrogen) atoms. The third-order valence-electron chi connectivity index (χ3n) is 2.66. The average molecular weight is 237 g/mol. The Labute approximate surface area is 99.6 Å². The van der Waals surface area contributed by atoms with E-state index in [1.165, 1.54) is 12.7 Å². The van der Waals surface area contributed by atoms with E-state index in [0.717, 1.165) is 11.5 Å². The largest absolute Gasteiger partial charge is 0.468 e. The molecule has 0 spiro atoms. The second kappa shape index (κ2) is 5.37. The summed E-state index contributed by atoms with van der Waals surface area (Å²) < 4.78 is 4.76. The van der Waals surface area contributed by atoms with Gasteiger partial charge in [-0.3, -0.25) is 10.1 Å². The van der Waals surface area contributed by atoms with Gasteiger partial charge in [0.2, 0.25) is 0 Å². The Balaban J connectivity index is 2.05. The van der Waals surface area contributed by atoms with E-state index in [1.54, 1.807) is 11.8 Å². The minimum Gasteiger partial charge on any atom is -0.468 e. The fraction of sp³-hybridized carbons (Fsp3) is 0.417. The van der Waals surface area contributed by atoms with Crippen molar-refractivity contribution in [3.63, 3.8) is 0 Å². The molecule has 1 saturated heterocycles. The number of nitrogens with one attached hydrogen (secondary N) is 1. The number of hydrogen-bond donors (Lipinski definition) is 1. The molecule has 0 bridgehead atoms. The second-order valence-corrected chi connectivity index (χ2v) is 4.82.